The zero-order chi connectivity index (χ0) is 30.4. The second-order valence-electron chi connectivity index (χ2n) is 10.6. The molecule has 0 bridgehead atoms. The lowest BCUT2D eigenvalue weighted by molar-refractivity contribution is -0.147. The number of H-pyrrole nitrogens is 1. The third-order valence-corrected chi connectivity index (χ3v) is 7.18. The van der Waals surface area contributed by atoms with Gasteiger partial charge in [-0.1, -0.05) is 67.5 Å². The summed E-state index contributed by atoms with van der Waals surface area (Å²) in [6, 6.07) is 14.5. The number of carboxylic acid groups (broad SMARTS) is 1. The number of aliphatic carboxylic acids is 1. The maximum absolute atomic E-state index is 13.9. The fraction of sp³-hybridized carbons (Fsp3) is 0.333. The van der Waals surface area contributed by atoms with Crippen LogP contribution in [0.3, 0.4) is 0 Å². The lowest BCUT2D eigenvalue weighted by Gasteiger charge is -2.34. The molecule has 0 spiro atoms. The van der Waals surface area contributed by atoms with E-state index in [4.69, 9.17) is 10.4 Å². The predicted molar refractivity (Wildman–Crippen MR) is 155 cm³/mol. The van der Waals surface area contributed by atoms with Gasteiger partial charge in [-0.2, -0.15) is 4.79 Å². The molecular formula is C30H32N6O6. The Morgan fingerprint density at radius 1 is 1.17 bits per heavy atom. The minimum Gasteiger partial charge on any atom is -0.481 e. The normalized spacial score (nSPS) is 17.5. The number of aromatic amines is 1. The number of para-hydroxylation sites is 1. The number of amides is 2. The van der Waals surface area contributed by atoms with E-state index < -0.39 is 41.8 Å². The number of benzene rings is 2. The molecule has 1 aromatic heterocycles. The lowest BCUT2D eigenvalue weighted by atomic mass is 9.84. The first-order valence-corrected chi connectivity index (χ1v) is 13.4. The van der Waals surface area contributed by atoms with Crippen LogP contribution in [-0.4, -0.2) is 68.1 Å². The molecule has 0 fully saturated rings. The van der Waals surface area contributed by atoms with Gasteiger partial charge >= 0.3 is 12.2 Å². The van der Waals surface area contributed by atoms with E-state index in [2.05, 4.69) is 20.2 Å². The number of anilines is 1. The van der Waals surface area contributed by atoms with Crippen molar-refractivity contribution in [2.24, 2.45) is 11.1 Å². The Balaban J connectivity index is 1.72. The topological polar surface area (TPSA) is 178 Å². The largest absolute Gasteiger partial charge is 0.481 e. The number of rotatable bonds is 12. The maximum atomic E-state index is 13.9. The molecule has 42 heavy (non-hydrogen) atoms. The van der Waals surface area contributed by atoms with Gasteiger partial charge in [-0.3, -0.25) is 19.2 Å². The summed E-state index contributed by atoms with van der Waals surface area (Å²) in [6.07, 6.45) is 1.57. The van der Waals surface area contributed by atoms with Gasteiger partial charge < -0.3 is 30.7 Å². The van der Waals surface area contributed by atoms with Crippen LogP contribution in [0.15, 0.2) is 65.9 Å². The molecule has 3 N–H and O–H groups in total. The van der Waals surface area contributed by atoms with Crippen LogP contribution in [0.4, 0.5) is 5.69 Å². The molecule has 1 aliphatic heterocycles. The molecule has 12 nitrogen and oxygen atoms in total. The highest BCUT2D eigenvalue weighted by atomic mass is 16.7. The summed E-state index contributed by atoms with van der Waals surface area (Å²) in [5.74, 6) is -3.38. The Kier molecular flexibility index (Phi) is 8.97. The smallest absolute Gasteiger partial charge is 0.325 e. The number of carbonyl (C=O) groups excluding carboxylic acids is 3. The number of nitrogens with one attached hydrogen (secondary N) is 2. The van der Waals surface area contributed by atoms with Gasteiger partial charge in [0.1, 0.15) is 6.04 Å². The van der Waals surface area contributed by atoms with Gasteiger partial charge in [-0.25, -0.2) is 0 Å². The third kappa shape index (κ3) is 6.29. The van der Waals surface area contributed by atoms with E-state index in [0.717, 1.165) is 16.5 Å². The number of carbonyl (C=O) groups is 4. The fourth-order valence-electron chi connectivity index (χ4n) is 5.32. The van der Waals surface area contributed by atoms with E-state index in [0.29, 0.717) is 17.6 Å². The van der Waals surface area contributed by atoms with Crippen molar-refractivity contribution >= 4 is 52.1 Å². The molecule has 0 aliphatic carbocycles. The zero-order valence-electron chi connectivity index (χ0n) is 23.5. The molecule has 1 aliphatic rings. The van der Waals surface area contributed by atoms with Gasteiger partial charge in [0.25, 0.3) is 11.7 Å². The Bertz CT molecular complexity index is 1580. The average Bonchev–Trinajstić information content (AvgIpc) is 3.56. The van der Waals surface area contributed by atoms with Gasteiger partial charge in [-0.05, 0) is 17.5 Å². The number of oxime groups is 1. The summed E-state index contributed by atoms with van der Waals surface area (Å²) in [6.45, 7) is 5.33. The van der Waals surface area contributed by atoms with Crippen molar-refractivity contribution in [1.29, 1.82) is 0 Å². The Hall–Kier alpha value is -5.09. The monoisotopic (exact) mass is 572 g/mol. The number of fused-ring (bicyclic) bond motifs is 1. The number of hydrogen-bond donors (Lipinski definition) is 3. The van der Waals surface area contributed by atoms with E-state index in [-0.39, 0.29) is 24.7 Å². The van der Waals surface area contributed by atoms with Crippen LogP contribution >= 0.6 is 0 Å². The summed E-state index contributed by atoms with van der Waals surface area (Å²) in [5, 5.41) is 17.0. The molecule has 218 valence electrons. The Morgan fingerprint density at radius 2 is 1.86 bits per heavy atom. The molecule has 4 rings (SSSR count). The molecule has 3 aromatic rings. The molecule has 3 atom stereocenters. The van der Waals surface area contributed by atoms with Crippen LogP contribution in [0.25, 0.3) is 16.4 Å². The summed E-state index contributed by atoms with van der Waals surface area (Å²) < 4.78 is 0. The van der Waals surface area contributed by atoms with Crippen LogP contribution < -0.4 is 10.2 Å². The highest BCUT2D eigenvalue weighted by Crippen LogP contribution is 2.36. The van der Waals surface area contributed by atoms with E-state index in [1.807, 2.05) is 56.3 Å². The van der Waals surface area contributed by atoms with Crippen molar-refractivity contribution in [1.82, 2.24) is 10.3 Å². The summed E-state index contributed by atoms with van der Waals surface area (Å²) in [5.41, 5.74) is 9.84. The van der Waals surface area contributed by atoms with Gasteiger partial charge in [0.2, 0.25) is 11.5 Å². The molecular weight excluding hydrogens is 540 g/mol. The lowest BCUT2D eigenvalue weighted by Crippen LogP contribution is -2.55. The summed E-state index contributed by atoms with van der Waals surface area (Å²) in [7, 11) is 0. The SMILES string of the molecule is CC(=O)N(c1c[nH]c2ccccc12)[C@H](C1=NOC(Cc2ccccc2)(C(=O)N[C@@H](CC(=O)O)C(=O)C=[N+]=[N-])C1)C(C)C. The first kappa shape index (κ1) is 29.9. The first-order valence-electron chi connectivity index (χ1n) is 13.4. The average molecular weight is 573 g/mol. The second-order valence-corrected chi connectivity index (χ2v) is 10.6. The quantitative estimate of drug-likeness (QED) is 0.170. The van der Waals surface area contributed by atoms with Crippen molar-refractivity contribution in [2.45, 2.75) is 57.7 Å². The Morgan fingerprint density at radius 3 is 2.50 bits per heavy atom. The summed E-state index contributed by atoms with van der Waals surface area (Å²) in [4.78, 5) is 64.4. The van der Waals surface area contributed by atoms with Crippen LogP contribution in [0.5, 0.6) is 0 Å². The van der Waals surface area contributed by atoms with Crippen LogP contribution in [0.2, 0.25) is 0 Å². The highest BCUT2D eigenvalue weighted by Gasteiger charge is 2.50. The molecule has 0 radical (unpaired) electrons. The number of Topliss-reactive ketones (excluding diaryl/α,β-unsaturated/α-hetero) is 1. The van der Waals surface area contributed by atoms with Crippen molar-refractivity contribution in [3.63, 3.8) is 0 Å². The predicted octanol–water partition coefficient (Wildman–Crippen LogP) is 3.13. The Labute approximate surface area is 242 Å². The standard InChI is InChI=1S/C30H32N6O6/c1-18(2)28(36(19(3)37)25-16-32-22-12-8-7-11-21(22)25)24-15-30(42-35-24,14-20-9-5-4-6-10-20)29(41)34-23(13-27(39)40)26(38)17-33-31/h4-12,16-18,23,28,32H,13-15H2,1-3H3,(H,34,41)(H,39,40)/t23-,28-,30?/m0/s1. The van der Waals surface area contributed by atoms with Gasteiger partial charge in [0, 0.05) is 36.9 Å². The van der Waals surface area contributed by atoms with Crippen molar-refractivity contribution in [3.05, 3.63) is 71.9 Å². The van der Waals surface area contributed by atoms with E-state index in [1.54, 1.807) is 23.2 Å². The number of aromatic nitrogens is 1. The van der Waals surface area contributed by atoms with E-state index in [1.165, 1.54) is 6.92 Å². The molecule has 2 aromatic carbocycles. The molecule has 1 unspecified atom stereocenters. The molecule has 2 heterocycles. The molecule has 12 heteroatoms. The molecule has 0 saturated heterocycles. The minimum absolute atomic E-state index is 0.0369. The minimum atomic E-state index is -1.65. The number of ketones is 1. The molecule has 2 amide bonds. The van der Waals surface area contributed by atoms with E-state index >= 15 is 0 Å². The van der Waals surface area contributed by atoms with Crippen molar-refractivity contribution in [3.8, 4) is 0 Å². The maximum Gasteiger partial charge on any atom is 0.325 e. The van der Waals surface area contributed by atoms with Crippen LogP contribution in [0, 0.1) is 5.92 Å². The van der Waals surface area contributed by atoms with E-state index in [9.17, 15) is 24.3 Å². The van der Waals surface area contributed by atoms with Gasteiger partial charge in [0.15, 0.2) is 0 Å². The first-order chi connectivity index (χ1) is 20.1. The molecule has 0 saturated carbocycles. The van der Waals surface area contributed by atoms with Crippen LogP contribution in [0.1, 0.15) is 39.2 Å². The third-order valence-electron chi connectivity index (χ3n) is 7.18. The van der Waals surface area contributed by atoms with Crippen LogP contribution in [-0.2, 0) is 30.4 Å². The number of hydrogen-bond acceptors (Lipinski definition) is 6. The second kappa shape index (κ2) is 12.6. The number of nitrogens with zero attached hydrogens (tertiary/aromatic N) is 4. The fourth-order valence-corrected chi connectivity index (χ4v) is 5.32. The van der Waals surface area contributed by atoms with Gasteiger partial charge in [0.05, 0.1) is 23.9 Å². The van der Waals surface area contributed by atoms with Crippen molar-refractivity contribution < 1.29 is 33.9 Å². The number of carboxylic acids is 1. The zero-order valence-corrected chi connectivity index (χ0v) is 23.5. The summed E-state index contributed by atoms with van der Waals surface area (Å²) >= 11 is 0. The van der Waals surface area contributed by atoms with Gasteiger partial charge in [-0.15, -0.1) is 0 Å². The highest BCUT2D eigenvalue weighted by molar-refractivity contribution is 6.28. The van der Waals surface area contributed by atoms with Crippen molar-refractivity contribution in [2.75, 3.05) is 4.90 Å².